The average Bonchev–Trinajstić information content (AvgIpc) is 2.91. The minimum Gasteiger partial charge on any atom is -0.368 e. The van der Waals surface area contributed by atoms with Crippen molar-refractivity contribution in [1.82, 2.24) is 27.0 Å². The number of nitrogens with two attached hydrogens (primary N) is 1. The number of amides is 5. The Morgan fingerprint density at radius 3 is 2.02 bits per heavy atom. The first-order valence-corrected chi connectivity index (χ1v) is 13.5. The van der Waals surface area contributed by atoms with Crippen molar-refractivity contribution in [3.8, 4) is 0 Å². The van der Waals surface area contributed by atoms with Gasteiger partial charge in [-0.05, 0) is 42.2 Å². The summed E-state index contributed by atoms with van der Waals surface area (Å²) in [5.41, 5.74) is 10.2. The van der Waals surface area contributed by atoms with Gasteiger partial charge in [-0.1, -0.05) is 52.0 Å². The molecule has 0 saturated carbocycles. The monoisotopic (exact) mass is 577 g/mol. The number of hydrogen-bond donors (Lipinski definition) is 8. The molecule has 0 spiro atoms. The second kappa shape index (κ2) is 18.3. The summed E-state index contributed by atoms with van der Waals surface area (Å²) in [5.74, 6) is -3.88. The van der Waals surface area contributed by atoms with E-state index in [1.165, 1.54) is 11.7 Å². The van der Waals surface area contributed by atoms with Gasteiger partial charge < -0.3 is 21.7 Å². The minimum absolute atomic E-state index is 0.0354. The summed E-state index contributed by atoms with van der Waals surface area (Å²) in [5, 5.41) is 28.9. The van der Waals surface area contributed by atoms with E-state index in [-0.39, 0.29) is 50.0 Å². The molecule has 3 atom stereocenters. The van der Waals surface area contributed by atoms with Gasteiger partial charge in [0, 0.05) is 25.3 Å². The van der Waals surface area contributed by atoms with E-state index in [4.69, 9.17) is 16.1 Å². The molecule has 5 amide bonds. The van der Waals surface area contributed by atoms with Crippen LogP contribution >= 0.6 is 0 Å². The first-order valence-electron chi connectivity index (χ1n) is 13.5. The lowest BCUT2D eigenvalue weighted by Gasteiger charge is -2.25. The molecule has 1 aromatic carbocycles. The normalized spacial score (nSPS) is 13.4. The highest BCUT2D eigenvalue weighted by Gasteiger charge is 2.30. The number of nitrogens with zero attached hydrogens (tertiary/aromatic N) is 1. The lowest BCUT2D eigenvalue weighted by molar-refractivity contribution is -0.137. The van der Waals surface area contributed by atoms with Gasteiger partial charge in [0.2, 0.25) is 29.5 Å². The van der Waals surface area contributed by atoms with Crippen LogP contribution in [0.5, 0.6) is 0 Å². The second-order valence-electron chi connectivity index (χ2n) is 10.6. The van der Waals surface area contributed by atoms with Gasteiger partial charge >= 0.3 is 0 Å². The molecule has 0 bridgehead atoms. The van der Waals surface area contributed by atoms with Crippen LogP contribution in [0.4, 0.5) is 0 Å². The number of carbonyl (C=O) groups excluding carboxylic acids is 5. The largest absolute Gasteiger partial charge is 0.368 e. The fourth-order valence-electron chi connectivity index (χ4n) is 4.06. The maximum Gasteiger partial charge on any atom is 0.244 e. The SMILES string of the molecule is CC(C)CC(CC(=O)NO)C(=O)N[C@@H](CCC(=O)NCc1ccc(C=NNO)cc1)C(=O)N[C@@H](CC(C)C)C(N)=O. The molecule has 14 heteroatoms. The highest BCUT2D eigenvalue weighted by molar-refractivity contribution is 5.93. The predicted molar refractivity (Wildman–Crippen MR) is 150 cm³/mol. The highest BCUT2D eigenvalue weighted by Crippen LogP contribution is 2.17. The van der Waals surface area contributed by atoms with Gasteiger partial charge in [-0.25, -0.2) is 5.48 Å². The molecule has 0 saturated heterocycles. The van der Waals surface area contributed by atoms with Crippen LogP contribution < -0.4 is 32.8 Å². The smallest absolute Gasteiger partial charge is 0.244 e. The summed E-state index contributed by atoms with van der Waals surface area (Å²) in [6.07, 6.45) is 1.51. The zero-order chi connectivity index (χ0) is 30.9. The number of hydrogen-bond acceptors (Lipinski definition) is 9. The van der Waals surface area contributed by atoms with Crippen LogP contribution in [0.2, 0.25) is 0 Å². The van der Waals surface area contributed by atoms with Crippen LogP contribution in [0.1, 0.15) is 70.9 Å². The highest BCUT2D eigenvalue weighted by atomic mass is 16.5. The topological polar surface area (TPSA) is 224 Å². The van der Waals surface area contributed by atoms with Gasteiger partial charge in [-0.2, -0.15) is 10.7 Å². The molecule has 0 fully saturated rings. The molecule has 0 aliphatic rings. The summed E-state index contributed by atoms with van der Waals surface area (Å²) < 4.78 is 0. The Morgan fingerprint density at radius 1 is 0.878 bits per heavy atom. The molecule has 0 aliphatic carbocycles. The van der Waals surface area contributed by atoms with Gasteiger partial charge in [0.05, 0.1) is 6.21 Å². The van der Waals surface area contributed by atoms with E-state index >= 15 is 0 Å². The van der Waals surface area contributed by atoms with Crippen molar-refractivity contribution in [2.75, 3.05) is 0 Å². The van der Waals surface area contributed by atoms with Crippen LogP contribution in [0, 0.1) is 17.8 Å². The number of carbonyl (C=O) groups is 5. The van der Waals surface area contributed by atoms with Crippen LogP contribution in [-0.4, -0.2) is 58.2 Å². The molecule has 1 aromatic rings. The third kappa shape index (κ3) is 14.2. The number of hydrazone groups is 1. The number of benzene rings is 1. The fraction of sp³-hybridized carbons (Fsp3) is 0.556. The van der Waals surface area contributed by atoms with E-state index in [1.54, 1.807) is 29.9 Å². The van der Waals surface area contributed by atoms with E-state index in [1.807, 2.05) is 27.7 Å². The molecule has 9 N–H and O–H groups in total. The number of rotatable bonds is 18. The lowest BCUT2D eigenvalue weighted by atomic mass is 9.92. The Hall–Kier alpha value is -4.04. The molecular weight excluding hydrogens is 534 g/mol. The van der Waals surface area contributed by atoms with Gasteiger partial charge in [-0.15, -0.1) is 0 Å². The van der Waals surface area contributed by atoms with E-state index in [9.17, 15) is 24.0 Å². The van der Waals surface area contributed by atoms with Crippen molar-refractivity contribution in [3.05, 3.63) is 35.4 Å². The van der Waals surface area contributed by atoms with Crippen LogP contribution in [0.15, 0.2) is 29.4 Å². The molecule has 228 valence electrons. The van der Waals surface area contributed by atoms with Crippen LogP contribution in [0.25, 0.3) is 0 Å². The molecule has 0 radical (unpaired) electrons. The van der Waals surface area contributed by atoms with Crippen molar-refractivity contribution in [3.63, 3.8) is 0 Å². The van der Waals surface area contributed by atoms with E-state index in [2.05, 4.69) is 21.1 Å². The minimum atomic E-state index is -1.19. The van der Waals surface area contributed by atoms with Crippen LogP contribution in [0.3, 0.4) is 0 Å². The third-order valence-electron chi connectivity index (χ3n) is 6.08. The molecule has 1 rings (SSSR count). The fourth-order valence-corrected chi connectivity index (χ4v) is 4.06. The van der Waals surface area contributed by atoms with Gasteiger partial charge in [-0.3, -0.25) is 34.4 Å². The lowest BCUT2D eigenvalue weighted by Crippen LogP contribution is -2.54. The summed E-state index contributed by atoms with van der Waals surface area (Å²) in [6, 6.07) is 4.87. The molecule has 0 aliphatic heterocycles. The summed E-state index contributed by atoms with van der Waals surface area (Å²) in [7, 11) is 0. The second-order valence-corrected chi connectivity index (χ2v) is 10.6. The Kier molecular flexibility index (Phi) is 15.6. The molecule has 14 nitrogen and oxygen atoms in total. The summed E-state index contributed by atoms with van der Waals surface area (Å²) >= 11 is 0. The van der Waals surface area contributed by atoms with Crippen molar-refractivity contribution >= 4 is 35.8 Å². The zero-order valence-electron chi connectivity index (χ0n) is 24.0. The molecule has 0 aromatic heterocycles. The average molecular weight is 578 g/mol. The van der Waals surface area contributed by atoms with Crippen molar-refractivity contribution in [1.29, 1.82) is 0 Å². The van der Waals surface area contributed by atoms with Crippen LogP contribution in [-0.2, 0) is 30.5 Å². The van der Waals surface area contributed by atoms with E-state index < -0.39 is 41.6 Å². The van der Waals surface area contributed by atoms with Gasteiger partial charge in [0.1, 0.15) is 12.1 Å². The zero-order valence-corrected chi connectivity index (χ0v) is 24.0. The predicted octanol–water partition coefficient (Wildman–Crippen LogP) is 0.455. The summed E-state index contributed by atoms with van der Waals surface area (Å²) in [4.78, 5) is 62.6. The van der Waals surface area contributed by atoms with E-state index in [0.29, 0.717) is 6.42 Å². The van der Waals surface area contributed by atoms with E-state index in [0.717, 1.165) is 11.1 Å². The molecular formula is C27H43N7O7. The first-order chi connectivity index (χ1) is 19.4. The molecule has 0 heterocycles. The maximum atomic E-state index is 13.2. The standard InChI is InChI=1S/C27H43N7O7/c1-16(2)11-20(13-24(36)33-40)26(38)31-21(27(39)32-22(25(28)37)12-17(3)4)9-10-23(35)29-14-18-5-7-19(8-6-18)15-30-34-41/h5-8,15-17,20-22,34,40-41H,9-14H2,1-4H3,(H2,28,37)(H,29,35)(H,31,38)(H,32,39)(H,33,36)/t20?,21-,22-/m0/s1. The van der Waals surface area contributed by atoms with Crippen molar-refractivity contribution in [2.24, 2.45) is 28.6 Å². The van der Waals surface area contributed by atoms with Gasteiger partial charge in [0.15, 0.2) is 0 Å². The van der Waals surface area contributed by atoms with Crippen molar-refractivity contribution < 1.29 is 34.4 Å². The van der Waals surface area contributed by atoms with Crippen molar-refractivity contribution in [2.45, 2.75) is 78.4 Å². The Balaban J connectivity index is 2.96. The Labute approximate surface area is 239 Å². The number of nitrogens with one attached hydrogen (secondary N) is 5. The Bertz CT molecular complexity index is 1040. The Morgan fingerprint density at radius 2 is 1.49 bits per heavy atom. The quantitative estimate of drug-likeness (QED) is 0.0693. The molecule has 41 heavy (non-hydrogen) atoms. The number of hydroxylamine groups is 1. The summed E-state index contributed by atoms with van der Waals surface area (Å²) in [6.45, 7) is 7.66. The third-order valence-corrected chi connectivity index (χ3v) is 6.08. The molecule has 1 unspecified atom stereocenters. The number of primary amides is 1. The first kappa shape index (κ1) is 35.0. The maximum absolute atomic E-state index is 13.2. The van der Waals surface area contributed by atoms with Gasteiger partial charge in [0.25, 0.3) is 0 Å².